The molecule has 3 rings (SSSR count). The number of ether oxygens (including phenoxy) is 1. The van der Waals surface area contributed by atoms with Crippen LogP contribution in [-0.2, 0) is 4.79 Å². The summed E-state index contributed by atoms with van der Waals surface area (Å²) in [6.45, 7) is 3.76. The van der Waals surface area contributed by atoms with Gasteiger partial charge in [0.1, 0.15) is 5.75 Å². The van der Waals surface area contributed by atoms with Crippen molar-refractivity contribution in [2.75, 3.05) is 0 Å². The lowest BCUT2D eigenvalue weighted by Gasteiger charge is -2.13. The first-order chi connectivity index (χ1) is 12.5. The normalized spacial score (nSPS) is 11.6. The molecule has 0 radical (unpaired) electrons. The second-order valence-corrected chi connectivity index (χ2v) is 6.28. The number of carbonyl (C=O) groups is 2. The second-order valence-electron chi connectivity index (χ2n) is 6.28. The van der Waals surface area contributed by atoms with Crippen molar-refractivity contribution < 1.29 is 14.3 Å². The first-order valence-electron chi connectivity index (χ1n) is 8.52. The summed E-state index contributed by atoms with van der Waals surface area (Å²) in [6.07, 6.45) is 0. The largest absolute Gasteiger partial charge is 0.426 e. The van der Waals surface area contributed by atoms with Gasteiger partial charge in [0, 0.05) is 11.1 Å². The van der Waals surface area contributed by atoms with Gasteiger partial charge in [-0.05, 0) is 37.6 Å². The lowest BCUT2D eigenvalue weighted by Crippen LogP contribution is -2.16. The van der Waals surface area contributed by atoms with Crippen LogP contribution in [0.15, 0.2) is 78.9 Å². The SMILES string of the molecule is Cc1ccc(OC(=O)[C@H](C)c2cccc(C(=O)c3ccccc3)c2)cc1. The van der Waals surface area contributed by atoms with Gasteiger partial charge in [-0.2, -0.15) is 0 Å². The van der Waals surface area contributed by atoms with Crippen molar-refractivity contribution in [2.24, 2.45) is 0 Å². The van der Waals surface area contributed by atoms with Crippen molar-refractivity contribution in [3.8, 4) is 5.75 Å². The highest BCUT2D eigenvalue weighted by Crippen LogP contribution is 2.22. The van der Waals surface area contributed by atoms with E-state index in [0.29, 0.717) is 16.9 Å². The zero-order chi connectivity index (χ0) is 18.5. The van der Waals surface area contributed by atoms with Crippen LogP contribution in [0.25, 0.3) is 0 Å². The van der Waals surface area contributed by atoms with Crippen LogP contribution in [0.1, 0.15) is 39.9 Å². The van der Waals surface area contributed by atoms with E-state index in [9.17, 15) is 9.59 Å². The Balaban J connectivity index is 1.77. The third-order valence-corrected chi connectivity index (χ3v) is 4.28. The molecule has 0 amide bonds. The van der Waals surface area contributed by atoms with Crippen molar-refractivity contribution in [1.82, 2.24) is 0 Å². The van der Waals surface area contributed by atoms with E-state index in [1.54, 1.807) is 49.4 Å². The summed E-state index contributed by atoms with van der Waals surface area (Å²) in [5.41, 5.74) is 3.04. The molecule has 0 saturated carbocycles. The summed E-state index contributed by atoms with van der Waals surface area (Å²) < 4.78 is 5.45. The van der Waals surface area contributed by atoms with E-state index >= 15 is 0 Å². The number of ketones is 1. The van der Waals surface area contributed by atoms with Crippen LogP contribution in [-0.4, -0.2) is 11.8 Å². The van der Waals surface area contributed by atoms with Crippen molar-refractivity contribution in [3.05, 3.63) is 101 Å². The van der Waals surface area contributed by atoms with Crippen LogP contribution in [0.2, 0.25) is 0 Å². The molecular formula is C23H20O3. The predicted octanol–water partition coefficient (Wildman–Crippen LogP) is 4.94. The molecule has 0 aliphatic rings. The van der Waals surface area contributed by atoms with E-state index in [0.717, 1.165) is 11.1 Å². The first-order valence-corrected chi connectivity index (χ1v) is 8.52. The number of hydrogen-bond donors (Lipinski definition) is 0. The molecule has 3 aromatic carbocycles. The average Bonchev–Trinajstić information content (AvgIpc) is 2.69. The van der Waals surface area contributed by atoms with Crippen molar-refractivity contribution in [3.63, 3.8) is 0 Å². The van der Waals surface area contributed by atoms with Gasteiger partial charge < -0.3 is 4.74 Å². The second kappa shape index (κ2) is 7.79. The van der Waals surface area contributed by atoms with Gasteiger partial charge in [0.05, 0.1) is 5.92 Å². The van der Waals surface area contributed by atoms with Gasteiger partial charge in [-0.1, -0.05) is 66.2 Å². The van der Waals surface area contributed by atoms with Crippen LogP contribution in [0, 0.1) is 6.92 Å². The fraction of sp³-hybridized carbons (Fsp3) is 0.130. The molecule has 130 valence electrons. The van der Waals surface area contributed by atoms with Gasteiger partial charge in [-0.3, -0.25) is 9.59 Å². The predicted molar refractivity (Wildman–Crippen MR) is 102 cm³/mol. The quantitative estimate of drug-likeness (QED) is 0.374. The molecule has 0 N–H and O–H groups in total. The zero-order valence-corrected chi connectivity index (χ0v) is 14.8. The Kier molecular flexibility index (Phi) is 5.28. The molecule has 0 saturated heterocycles. The number of aryl methyl sites for hydroxylation is 1. The Labute approximate surface area is 153 Å². The van der Waals surface area contributed by atoms with Gasteiger partial charge in [-0.15, -0.1) is 0 Å². The highest BCUT2D eigenvalue weighted by molar-refractivity contribution is 6.09. The Morgan fingerprint density at radius 3 is 2.15 bits per heavy atom. The Morgan fingerprint density at radius 1 is 0.808 bits per heavy atom. The Hall–Kier alpha value is -3.20. The third kappa shape index (κ3) is 4.06. The van der Waals surface area contributed by atoms with Gasteiger partial charge in [0.15, 0.2) is 5.78 Å². The summed E-state index contributed by atoms with van der Waals surface area (Å²) in [5.74, 6) is -0.367. The number of carbonyl (C=O) groups excluding carboxylic acids is 2. The average molecular weight is 344 g/mol. The van der Waals surface area contributed by atoms with Crippen LogP contribution in [0.5, 0.6) is 5.75 Å². The molecule has 0 spiro atoms. The van der Waals surface area contributed by atoms with E-state index in [2.05, 4.69) is 0 Å². The molecule has 0 fully saturated rings. The minimum absolute atomic E-state index is 0.0634. The van der Waals surface area contributed by atoms with E-state index in [1.165, 1.54) is 0 Å². The summed E-state index contributed by atoms with van der Waals surface area (Å²) in [6, 6.07) is 23.6. The maximum Gasteiger partial charge on any atom is 0.318 e. The summed E-state index contributed by atoms with van der Waals surface area (Å²) in [5, 5.41) is 0. The fourth-order valence-corrected chi connectivity index (χ4v) is 2.65. The molecule has 0 aliphatic carbocycles. The summed E-state index contributed by atoms with van der Waals surface area (Å²) in [4.78, 5) is 25.0. The van der Waals surface area contributed by atoms with Crippen molar-refractivity contribution in [2.45, 2.75) is 19.8 Å². The van der Waals surface area contributed by atoms with E-state index in [4.69, 9.17) is 4.74 Å². The highest BCUT2D eigenvalue weighted by Gasteiger charge is 2.19. The monoisotopic (exact) mass is 344 g/mol. The third-order valence-electron chi connectivity index (χ3n) is 4.28. The summed E-state index contributed by atoms with van der Waals surface area (Å²) in [7, 11) is 0. The van der Waals surface area contributed by atoms with E-state index in [-0.39, 0.29) is 11.8 Å². The number of esters is 1. The maximum atomic E-state index is 12.6. The molecule has 0 unspecified atom stereocenters. The first kappa shape index (κ1) is 17.6. The van der Waals surface area contributed by atoms with E-state index in [1.807, 2.05) is 43.3 Å². The molecule has 3 heteroatoms. The molecule has 0 heterocycles. The van der Waals surface area contributed by atoms with Crippen molar-refractivity contribution >= 4 is 11.8 Å². The molecule has 0 aliphatic heterocycles. The van der Waals surface area contributed by atoms with E-state index < -0.39 is 5.92 Å². The number of rotatable bonds is 5. The molecule has 0 aromatic heterocycles. The minimum atomic E-state index is -0.472. The molecule has 0 bridgehead atoms. The lowest BCUT2D eigenvalue weighted by atomic mass is 9.96. The highest BCUT2D eigenvalue weighted by atomic mass is 16.5. The van der Waals surface area contributed by atoms with Crippen LogP contribution < -0.4 is 4.74 Å². The van der Waals surface area contributed by atoms with Gasteiger partial charge >= 0.3 is 5.97 Å². The lowest BCUT2D eigenvalue weighted by molar-refractivity contribution is -0.135. The maximum absolute atomic E-state index is 12.6. The van der Waals surface area contributed by atoms with Gasteiger partial charge in [0.25, 0.3) is 0 Å². The Bertz CT molecular complexity index is 912. The Morgan fingerprint density at radius 2 is 1.46 bits per heavy atom. The van der Waals surface area contributed by atoms with Crippen LogP contribution in [0.4, 0.5) is 0 Å². The van der Waals surface area contributed by atoms with Gasteiger partial charge in [0.2, 0.25) is 0 Å². The molecule has 26 heavy (non-hydrogen) atoms. The molecular weight excluding hydrogens is 324 g/mol. The topological polar surface area (TPSA) is 43.4 Å². The van der Waals surface area contributed by atoms with Crippen LogP contribution in [0.3, 0.4) is 0 Å². The zero-order valence-electron chi connectivity index (χ0n) is 14.8. The standard InChI is InChI=1S/C23H20O3/c1-16-11-13-21(14-12-16)26-23(25)17(2)19-9-6-10-20(15-19)22(24)18-7-4-3-5-8-18/h3-15,17H,1-2H3/t17-/m1/s1. The fourth-order valence-electron chi connectivity index (χ4n) is 2.65. The summed E-state index contributed by atoms with van der Waals surface area (Å²) >= 11 is 0. The van der Waals surface area contributed by atoms with Crippen molar-refractivity contribution in [1.29, 1.82) is 0 Å². The number of benzene rings is 3. The molecule has 3 aromatic rings. The van der Waals surface area contributed by atoms with Crippen LogP contribution >= 0.6 is 0 Å². The smallest absolute Gasteiger partial charge is 0.318 e. The van der Waals surface area contributed by atoms with Gasteiger partial charge in [-0.25, -0.2) is 0 Å². The molecule has 3 nitrogen and oxygen atoms in total. The number of hydrogen-bond acceptors (Lipinski definition) is 3. The molecule has 1 atom stereocenters. The minimum Gasteiger partial charge on any atom is -0.426 e.